The molecule has 40 heavy (non-hydrogen) atoms. The molecular weight excluding hydrogens is 506 g/mol. The van der Waals surface area contributed by atoms with E-state index >= 15 is 0 Å². The first-order valence-corrected chi connectivity index (χ1v) is 15.0. The first-order chi connectivity index (χ1) is 19.5. The second kappa shape index (κ2) is 17.6. The zero-order valence-electron chi connectivity index (χ0n) is 24.3. The van der Waals surface area contributed by atoms with Crippen molar-refractivity contribution in [1.82, 2.24) is 25.4 Å². The minimum absolute atomic E-state index is 0.115. The zero-order chi connectivity index (χ0) is 28.6. The molecule has 1 saturated heterocycles. The van der Waals surface area contributed by atoms with E-state index < -0.39 is 6.04 Å². The van der Waals surface area contributed by atoms with Gasteiger partial charge >= 0.3 is 0 Å². The van der Waals surface area contributed by atoms with E-state index in [1.165, 1.54) is 6.20 Å². The summed E-state index contributed by atoms with van der Waals surface area (Å²) < 4.78 is 5.38. The molecule has 2 N–H and O–H groups in total. The fourth-order valence-corrected chi connectivity index (χ4v) is 4.89. The van der Waals surface area contributed by atoms with Crippen LogP contribution in [-0.2, 0) is 14.3 Å². The lowest BCUT2D eigenvalue weighted by molar-refractivity contribution is -0.133. The molecule has 2 aromatic rings. The number of rotatable bonds is 17. The standard InChI is InChI=1S/C31H47N5O4/c1-3-5-9-16-36(17-10-6-4-2)31(39)28(13-14-29(37)32-15-18-35-19-21-40-22-20-35)34-30(38)26-23-25-11-7-8-12-27(25)33-24-26/h7-8,11-12,23-24,28H,3-6,9-10,13-22H2,1-2H3,(H,32,37)(H,34,38). The van der Waals surface area contributed by atoms with Gasteiger partial charge in [-0.05, 0) is 31.4 Å². The fraction of sp³-hybridized carbons (Fsp3) is 0.613. The van der Waals surface area contributed by atoms with Crippen LogP contribution in [0.25, 0.3) is 10.9 Å². The van der Waals surface area contributed by atoms with Crippen molar-refractivity contribution in [3.05, 3.63) is 42.1 Å². The van der Waals surface area contributed by atoms with Gasteiger partial charge in [0.25, 0.3) is 5.91 Å². The normalized spacial score (nSPS) is 14.6. The van der Waals surface area contributed by atoms with Crippen molar-refractivity contribution in [3.8, 4) is 0 Å². The van der Waals surface area contributed by atoms with Gasteiger partial charge in [-0.3, -0.25) is 24.3 Å². The monoisotopic (exact) mass is 553 g/mol. The van der Waals surface area contributed by atoms with Gasteiger partial charge in [-0.1, -0.05) is 57.7 Å². The van der Waals surface area contributed by atoms with Gasteiger partial charge in [0.2, 0.25) is 11.8 Å². The summed E-state index contributed by atoms with van der Waals surface area (Å²) in [6.45, 7) is 10.1. The molecule has 0 saturated carbocycles. The molecule has 3 amide bonds. The van der Waals surface area contributed by atoms with E-state index in [4.69, 9.17) is 4.74 Å². The number of para-hydroxylation sites is 1. The number of hydrogen-bond acceptors (Lipinski definition) is 6. The number of aromatic nitrogens is 1. The summed E-state index contributed by atoms with van der Waals surface area (Å²) >= 11 is 0. The molecule has 1 aromatic heterocycles. The van der Waals surface area contributed by atoms with Gasteiger partial charge in [0.1, 0.15) is 6.04 Å². The summed E-state index contributed by atoms with van der Waals surface area (Å²) in [5.41, 5.74) is 1.20. The number of amides is 3. The predicted molar refractivity (Wildman–Crippen MR) is 158 cm³/mol. The molecule has 1 aromatic carbocycles. The summed E-state index contributed by atoms with van der Waals surface area (Å²) in [4.78, 5) is 48.3. The molecular formula is C31H47N5O4. The number of pyridine rings is 1. The lowest BCUT2D eigenvalue weighted by Crippen LogP contribution is -2.49. The Balaban J connectivity index is 1.66. The van der Waals surface area contributed by atoms with Crippen LogP contribution in [0.3, 0.4) is 0 Å². The molecule has 3 rings (SSSR count). The van der Waals surface area contributed by atoms with Crippen molar-refractivity contribution < 1.29 is 19.1 Å². The highest BCUT2D eigenvalue weighted by Crippen LogP contribution is 2.14. The maximum Gasteiger partial charge on any atom is 0.253 e. The summed E-state index contributed by atoms with van der Waals surface area (Å²) in [6, 6.07) is 8.61. The molecule has 9 nitrogen and oxygen atoms in total. The maximum absolute atomic E-state index is 13.8. The van der Waals surface area contributed by atoms with Crippen LogP contribution < -0.4 is 10.6 Å². The lowest BCUT2D eigenvalue weighted by Gasteiger charge is -2.28. The van der Waals surface area contributed by atoms with Gasteiger partial charge in [0.15, 0.2) is 0 Å². The Morgan fingerprint density at radius 2 is 1.73 bits per heavy atom. The molecule has 220 valence electrons. The second-order valence-corrected chi connectivity index (χ2v) is 10.5. The molecule has 1 aliphatic rings. The Morgan fingerprint density at radius 1 is 1.02 bits per heavy atom. The largest absolute Gasteiger partial charge is 0.379 e. The molecule has 0 bridgehead atoms. The third-order valence-electron chi connectivity index (χ3n) is 7.34. The molecule has 0 aliphatic carbocycles. The number of benzene rings is 1. The third-order valence-corrected chi connectivity index (χ3v) is 7.34. The van der Waals surface area contributed by atoms with Crippen molar-refractivity contribution >= 4 is 28.6 Å². The number of carbonyl (C=O) groups excluding carboxylic acids is 3. The number of nitrogens with zero attached hydrogens (tertiary/aromatic N) is 3. The SMILES string of the molecule is CCCCCN(CCCCC)C(=O)C(CCC(=O)NCCN1CCOCC1)NC(=O)c1cnc2ccccc2c1. The Hall–Kier alpha value is -3.04. The van der Waals surface area contributed by atoms with Crippen molar-refractivity contribution in [2.45, 2.75) is 71.3 Å². The van der Waals surface area contributed by atoms with Crippen molar-refractivity contribution in [2.24, 2.45) is 0 Å². The highest BCUT2D eigenvalue weighted by molar-refractivity contribution is 5.99. The lowest BCUT2D eigenvalue weighted by atomic mass is 10.1. The Morgan fingerprint density at radius 3 is 2.42 bits per heavy atom. The van der Waals surface area contributed by atoms with Crippen LogP contribution in [0.5, 0.6) is 0 Å². The van der Waals surface area contributed by atoms with E-state index in [1.807, 2.05) is 29.2 Å². The molecule has 1 atom stereocenters. The maximum atomic E-state index is 13.8. The van der Waals surface area contributed by atoms with E-state index in [9.17, 15) is 14.4 Å². The first-order valence-electron chi connectivity index (χ1n) is 15.0. The molecule has 1 unspecified atom stereocenters. The van der Waals surface area contributed by atoms with Gasteiger partial charge in [0.05, 0.1) is 24.3 Å². The molecule has 0 spiro atoms. The van der Waals surface area contributed by atoms with Gasteiger partial charge < -0.3 is 20.3 Å². The van der Waals surface area contributed by atoms with Gasteiger partial charge in [-0.25, -0.2) is 0 Å². The minimum Gasteiger partial charge on any atom is -0.379 e. The van der Waals surface area contributed by atoms with Crippen molar-refractivity contribution in [1.29, 1.82) is 0 Å². The predicted octanol–water partition coefficient (Wildman–Crippen LogP) is 3.77. The summed E-state index contributed by atoms with van der Waals surface area (Å²) in [7, 11) is 0. The average Bonchev–Trinajstić information content (AvgIpc) is 2.98. The topological polar surface area (TPSA) is 104 Å². The smallest absolute Gasteiger partial charge is 0.253 e. The Bertz CT molecular complexity index is 1060. The number of fused-ring (bicyclic) bond motifs is 1. The quantitative estimate of drug-likeness (QED) is 0.289. The highest BCUT2D eigenvalue weighted by atomic mass is 16.5. The van der Waals surface area contributed by atoms with E-state index in [2.05, 4.69) is 34.4 Å². The van der Waals surface area contributed by atoms with Crippen LogP contribution in [0.2, 0.25) is 0 Å². The number of ether oxygens (including phenoxy) is 1. The summed E-state index contributed by atoms with van der Waals surface area (Å²) in [5, 5.41) is 6.78. The van der Waals surface area contributed by atoms with Crippen molar-refractivity contribution in [3.63, 3.8) is 0 Å². The van der Waals surface area contributed by atoms with Gasteiger partial charge in [0, 0.05) is 57.3 Å². The van der Waals surface area contributed by atoms with Crippen LogP contribution in [0.4, 0.5) is 0 Å². The van der Waals surface area contributed by atoms with Gasteiger partial charge in [-0.15, -0.1) is 0 Å². The average molecular weight is 554 g/mol. The molecule has 0 radical (unpaired) electrons. The second-order valence-electron chi connectivity index (χ2n) is 10.5. The number of morpholine rings is 1. The summed E-state index contributed by atoms with van der Waals surface area (Å²) in [5.74, 6) is -0.585. The van der Waals surface area contributed by atoms with Crippen LogP contribution >= 0.6 is 0 Å². The minimum atomic E-state index is -0.785. The number of nitrogens with one attached hydrogen (secondary N) is 2. The summed E-state index contributed by atoms with van der Waals surface area (Å²) in [6.07, 6.45) is 8.01. The molecule has 1 aliphatic heterocycles. The van der Waals surface area contributed by atoms with E-state index in [1.54, 1.807) is 6.07 Å². The number of unbranched alkanes of at least 4 members (excludes halogenated alkanes) is 4. The number of hydrogen-bond donors (Lipinski definition) is 2. The van der Waals surface area contributed by atoms with Crippen LogP contribution in [-0.4, -0.2) is 91.0 Å². The van der Waals surface area contributed by atoms with Crippen LogP contribution in [0.1, 0.15) is 75.6 Å². The van der Waals surface area contributed by atoms with Gasteiger partial charge in [-0.2, -0.15) is 0 Å². The van der Waals surface area contributed by atoms with E-state index in [0.717, 1.165) is 82.3 Å². The van der Waals surface area contributed by atoms with Crippen LogP contribution in [0.15, 0.2) is 36.5 Å². The van der Waals surface area contributed by atoms with E-state index in [-0.39, 0.29) is 30.6 Å². The molecule has 9 heteroatoms. The third kappa shape index (κ3) is 10.5. The number of carbonyl (C=O) groups is 3. The fourth-order valence-electron chi connectivity index (χ4n) is 4.89. The molecule has 1 fully saturated rings. The highest BCUT2D eigenvalue weighted by Gasteiger charge is 2.27. The molecule has 2 heterocycles. The zero-order valence-corrected chi connectivity index (χ0v) is 24.3. The van der Waals surface area contributed by atoms with Crippen LogP contribution in [0, 0.1) is 0 Å². The van der Waals surface area contributed by atoms with Crippen molar-refractivity contribution in [2.75, 3.05) is 52.5 Å². The Labute approximate surface area is 239 Å². The van der Waals surface area contributed by atoms with E-state index in [0.29, 0.717) is 25.2 Å². The Kier molecular flexibility index (Phi) is 13.9. The first kappa shape index (κ1) is 31.5.